The summed E-state index contributed by atoms with van der Waals surface area (Å²) >= 11 is 0. The van der Waals surface area contributed by atoms with Gasteiger partial charge in [-0.2, -0.15) is 0 Å². The highest BCUT2D eigenvalue weighted by molar-refractivity contribution is 5.92. The first-order valence-corrected chi connectivity index (χ1v) is 4.10. The highest BCUT2D eigenvalue weighted by Gasteiger charge is 1.99. The van der Waals surface area contributed by atoms with Crippen molar-refractivity contribution in [3.63, 3.8) is 0 Å². The van der Waals surface area contributed by atoms with Gasteiger partial charge in [0.05, 0.1) is 11.0 Å². The monoisotopic (exact) mass is 169 g/mol. The molecule has 13 heavy (non-hydrogen) atoms. The average Bonchev–Trinajstić information content (AvgIpc) is 2.65. The summed E-state index contributed by atoms with van der Waals surface area (Å²) in [6, 6.07) is 6.07. The van der Waals surface area contributed by atoms with Gasteiger partial charge in [0, 0.05) is 24.0 Å². The summed E-state index contributed by atoms with van der Waals surface area (Å²) in [5, 5.41) is 1.09. The topological polar surface area (TPSA) is 30.2 Å². The lowest BCUT2D eigenvalue weighted by Crippen LogP contribution is -1.86. The van der Waals surface area contributed by atoms with Crippen LogP contribution in [0.15, 0.2) is 43.1 Å². The molecule has 0 spiro atoms. The Morgan fingerprint density at radius 3 is 3.15 bits per heavy atom. The molecule has 0 aromatic carbocycles. The second-order valence-electron chi connectivity index (χ2n) is 2.94. The molecule has 3 aromatic rings. The summed E-state index contributed by atoms with van der Waals surface area (Å²) in [5.74, 6) is 0. The molecule has 0 saturated carbocycles. The largest absolute Gasteiger partial charge is 0.323 e. The van der Waals surface area contributed by atoms with E-state index in [2.05, 4.69) is 20.4 Å². The van der Waals surface area contributed by atoms with E-state index >= 15 is 0 Å². The van der Waals surface area contributed by atoms with Gasteiger partial charge in [0.1, 0.15) is 6.33 Å². The number of rotatable bonds is 0. The van der Waals surface area contributed by atoms with Crippen molar-refractivity contribution in [1.82, 2.24) is 14.4 Å². The van der Waals surface area contributed by atoms with Gasteiger partial charge in [-0.15, -0.1) is 0 Å². The molecule has 0 aliphatic carbocycles. The zero-order valence-electron chi connectivity index (χ0n) is 6.88. The Kier molecular flexibility index (Phi) is 1.16. The minimum atomic E-state index is 0.987. The van der Waals surface area contributed by atoms with Gasteiger partial charge in [0.15, 0.2) is 0 Å². The number of hydrogen-bond donors (Lipinski definition) is 0. The lowest BCUT2D eigenvalue weighted by molar-refractivity contribution is 1.18. The van der Waals surface area contributed by atoms with Gasteiger partial charge in [-0.25, -0.2) is 9.97 Å². The molecule has 3 rings (SSSR count). The van der Waals surface area contributed by atoms with Crippen LogP contribution in [-0.2, 0) is 0 Å². The maximum absolute atomic E-state index is 4.19. The highest BCUT2D eigenvalue weighted by Crippen LogP contribution is 2.16. The smallest absolute Gasteiger partial charge is 0.116 e. The summed E-state index contributed by atoms with van der Waals surface area (Å²) < 4.78 is 2.06. The fourth-order valence-electron chi connectivity index (χ4n) is 1.57. The van der Waals surface area contributed by atoms with Crippen LogP contribution in [0.1, 0.15) is 0 Å². The van der Waals surface area contributed by atoms with Crippen molar-refractivity contribution in [3.8, 4) is 0 Å². The third kappa shape index (κ3) is 0.839. The summed E-state index contributed by atoms with van der Waals surface area (Å²) in [6.45, 7) is 0. The van der Waals surface area contributed by atoms with Crippen molar-refractivity contribution >= 4 is 16.4 Å². The molecule has 0 atom stereocenters. The second kappa shape index (κ2) is 2.29. The van der Waals surface area contributed by atoms with E-state index < -0.39 is 0 Å². The Bertz CT molecular complexity index is 568. The Morgan fingerprint density at radius 1 is 1.15 bits per heavy atom. The zero-order chi connectivity index (χ0) is 8.67. The molecule has 0 unspecified atom stereocenters. The standard InChI is InChI=1S/C10H7N3/c1-2-10-8-6-11-7-12-9(8)3-5-13(10)4-1/h1-7H. The molecule has 3 heteroatoms. The third-order valence-electron chi connectivity index (χ3n) is 2.19. The molecule has 3 aromatic heterocycles. The minimum Gasteiger partial charge on any atom is -0.323 e. The van der Waals surface area contributed by atoms with E-state index in [1.807, 2.05) is 30.7 Å². The number of nitrogens with zero attached hydrogens (tertiary/aromatic N) is 3. The SMILES string of the molecule is c1cc2c3cncnc3ccn2c1. The van der Waals surface area contributed by atoms with Crippen LogP contribution in [0.25, 0.3) is 16.4 Å². The molecule has 0 amide bonds. The van der Waals surface area contributed by atoms with Crippen molar-refractivity contribution in [3.05, 3.63) is 43.1 Å². The Morgan fingerprint density at radius 2 is 2.15 bits per heavy atom. The number of aromatic nitrogens is 3. The van der Waals surface area contributed by atoms with Crippen LogP contribution in [0.2, 0.25) is 0 Å². The third-order valence-corrected chi connectivity index (χ3v) is 2.19. The van der Waals surface area contributed by atoms with Gasteiger partial charge in [-0.05, 0) is 18.2 Å². The predicted molar refractivity (Wildman–Crippen MR) is 50.5 cm³/mol. The molecule has 0 fully saturated rings. The van der Waals surface area contributed by atoms with Crippen LogP contribution in [-0.4, -0.2) is 14.4 Å². The molecule has 0 radical (unpaired) electrons. The van der Waals surface area contributed by atoms with Gasteiger partial charge in [0.25, 0.3) is 0 Å². The van der Waals surface area contributed by atoms with Gasteiger partial charge in [-0.3, -0.25) is 0 Å². The fourth-order valence-corrected chi connectivity index (χ4v) is 1.57. The van der Waals surface area contributed by atoms with Crippen LogP contribution in [0, 0.1) is 0 Å². The number of hydrogen-bond acceptors (Lipinski definition) is 2. The average molecular weight is 169 g/mol. The fraction of sp³-hybridized carbons (Fsp3) is 0. The Hall–Kier alpha value is -1.90. The van der Waals surface area contributed by atoms with Crippen LogP contribution >= 0.6 is 0 Å². The summed E-state index contributed by atoms with van der Waals surface area (Å²) in [5.41, 5.74) is 2.14. The van der Waals surface area contributed by atoms with E-state index in [9.17, 15) is 0 Å². The molecule has 0 bridgehead atoms. The first kappa shape index (κ1) is 6.60. The van der Waals surface area contributed by atoms with Crippen molar-refractivity contribution in [1.29, 1.82) is 0 Å². The van der Waals surface area contributed by atoms with Gasteiger partial charge < -0.3 is 4.40 Å². The maximum atomic E-state index is 4.19. The predicted octanol–water partition coefficient (Wildman–Crippen LogP) is 1.88. The molecule has 62 valence electrons. The van der Waals surface area contributed by atoms with Gasteiger partial charge in [0.2, 0.25) is 0 Å². The summed E-state index contributed by atoms with van der Waals surface area (Å²) in [4.78, 5) is 8.20. The van der Waals surface area contributed by atoms with Crippen LogP contribution < -0.4 is 0 Å². The lowest BCUT2D eigenvalue weighted by Gasteiger charge is -1.98. The Balaban J connectivity index is 2.65. The minimum absolute atomic E-state index is 0.987. The lowest BCUT2D eigenvalue weighted by atomic mass is 10.3. The molecule has 3 nitrogen and oxygen atoms in total. The highest BCUT2D eigenvalue weighted by atomic mass is 14.9. The molecular weight excluding hydrogens is 162 g/mol. The van der Waals surface area contributed by atoms with Gasteiger partial charge >= 0.3 is 0 Å². The number of fused-ring (bicyclic) bond motifs is 3. The van der Waals surface area contributed by atoms with Crippen molar-refractivity contribution in [2.75, 3.05) is 0 Å². The van der Waals surface area contributed by atoms with E-state index in [-0.39, 0.29) is 0 Å². The molecule has 0 aliphatic rings. The first-order chi connectivity index (χ1) is 6.45. The van der Waals surface area contributed by atoms with Crippen molar-refractivity contribution in [2.45, 2.75) is 0 Å². The van der Waals surface area contributed by atoms with E-state index in [0.717, 1.165) is 16.4 Å². The van der Waals surface area contributed by atoms with Crippen LogP contribution in [0.5, 0.6) is 0 Å². The molecule has 0 N–H and O–H groups in total. The quantitative estimate of drug-likeness (QED) is 0.514. The zero-order valence-corrected chi connectivity index (χ0v) is 6.88. The first-order valence-electron chi connectivity index (χ1n) is 4.10. The van der Waals surface area contributed by atoms with E-state index in [1.165, 1.54) is 0 Å². The van der Waals surface area contributed by atoms with Crippen LogP contribution in [0.4, 0.5) is 0 Å². The molecule has 0 saturated heterocycles. The summed E-state index contributed by atoms with van der Waals surface area (Å²) in [6.07, 6.45) is 7.44. The van der Waals surface area contributed by atoms with Crippen molar-refractivity contribution < 1.29 is 0 Å². The summed E-state index contributed by atoms with van der Waals surface area (Å²) in [7, 11) is 0. The van der Waals surface area contributed by atoms with Gasteiger partial charge in [-0.1, -0.05) is 0 Å². The molecule has 3 heterocycles. The number of pyridine rings is 1. The van der Waals surface area contributed by atoms with Crippen molar-refractivity contribution in [2.24, 2.45) is 0 Å². The Labute approximate surface area is 74.7 Å². The molecule has 0 aliphatic heterocycles. The van der Waals surface area contributed by atoms with Crippen LogP contribution in [0.3, 0.4) is 0 Å². The van der Waals surface area contributed by atoms with E-state index in [1.54, 1.807) is 6.33 Å². The van der Waals surface area contributed by atoms with E-state index in [0.29, 0.717) is 0 Å². The molecular formula is C10H7N3. The second-order valence-corrected chi connectivity index (χ2v) is 2.94. The van der Waals surface area contributed by atoms with E-state index in [4.69, 9.17) is 0 Å². The maximum Gasteiger partial charge on any atom is 0.116 e. The normalized spacial score (nSPS) is 11.1.